The Balaban J connectivity index is 2.25. The highest BCUT2D eigenvalue weighted by atomic mass is 16.5. The highest BCUT2D eigenvalue weighted by Crippen LogP contribution is 2.24. The van der Waals surface area contributed by atoms with E-state index in [1.54, 1.807) is 13.3 Å². The van der Waals surface area contributed by atoms with Crippen molar-refractivity contribution < 1.29 is 4.74 Å². The molecule has 1 heterocycles. The van der Waals surface area contributed by atoms with Crippen LogP contribution in [0.5, 0.6) is 5.88 Å². The van der Waals surface area contributed by atoms with Gasteiger partial charge in [-0.1, -0.05) is 12.1 Å². The molecule has 3 nitrogen and oxygen atoms in total. The Labute approximate surface area is 102 Å². The third-order valence-electron chi connectivity index (χ3n) is 2.91. The number of methoxy groups -OCH3 is 1. The fourth-order valence-electron chi connectivity index (χ4n) is 1.99. The lowest BCUT2D eigenvalue weighted by Crippen LogP contribution is -1.99. The van der Waals surface area contributed by atoms with Gasteiger partial charge in [-0.2, -0.15) is 0 Å². The molecule has 0 atom stereocenters. The van der Waals surface area contributed by atoms with Crippen molar-refractivity contribution in [2.45, 2.75) is 19.3 Å². The molecule has 0 aliphatic rings. The maximum atomic E-state index is 5.50. The summed E-state index contributed by atoms with van der Waals surface area (Å²) in [6.07, 6.45) is 5.09. The Morgan fingerprint density at radius 1 is 1.24 bits per heavy atom. The summed E-state index contributed by atoms with van der Waals surface area (Å²) in [5.41, 5.74) is 6.84. The molecule has 0 saturated carbocycles. The van der Waals surface area contributed by atoms with Gasteiger partial charge in [0.15, 0.2) is 0 Å². The number of pyridine rings is 1. The van der Waals surface area contributed by atoms with Crippen molar-refractivity contribution in [3.63, 3.8) is 0 Å². The molecular formula is C14H18N2O. The normalized spacial score (nSPS) is 10.7. The number of rotatable bonds is 5. The molecule has 2 rings (SSSR count). The molecular weight excluding hydrogens is 212 g/mol. The largest absolute Gasteiger partial charge is 0.481 e. The second-order valence-corrected chi connectivity index (χ2v) is 4.12. The van der Waals surface area contributed by atoms with Gasteiger partial charge >= 0.3 is 0 Å². The van der Waals surface area contributed by atoms with E-state index in [0.717, 1.165) is 31.2 Å². The average molecular weight is 230 g/mol. The van der Waals surface area contributed by atoms with E-state index in [1.165, 1.54) is 10.9 Å². The van der Waals surface area contributed by atoms with E-state index in [2.05, 4.69) is 23.2 Å². The predicted octanol–water partition coefficient (Wildman–Crippen LogP) is 2.52. The molecule has 2 aromatic rings. The van der Waals surface area contributed by atoms with Crippen LogP contribution in [0.3, 0.4) is 0 Å². The third-order valence-corrected chi connectivity index (χ3v) is 2.91. The quantitative estimate of drug-likeness (QED) is 0.803. The smallest absolute Gasteiger partial charge is 0.221 e. The van der Waals surface area contributed by atoms with Crippen LogP contribution >= 0.6 is 0 Å². The van der Waals surface area contributed by atoms with Crippen LogP contribution in [0, 0.1) is 0 Å². The molecule has 0 saturated heterocycles. The minimum Gasteiger partial charge on any atom is -0.481 e. The summed E-state index contributed by atoms with van der Waals surface area (Å²) in [6, 6.07) is 8.45. The summed E-state index contributed by atoms with van der Waals surface area (Å²) in [5, 5.41) is 2.25. The summed E-state index contributed by atoms with van der Waals surface area (Å²) in [5.74, 6) is 0.691. The third kappa shape index (κ3) is 2.74. The molecule has 0 aliphatic carbocycles. The van der Waals surface area contributed by atoms with E-state index in [0.29, 0.717) is 5.88 Å². The zero-order valence-corrected chi connectivity index (χ0v) is 10.1. The molecule has 0 radical (unpaired) electrons. The van der Waals surface area contributed by atoms with Gasteiger partial charge in [-0.15, -0.1) is 0 Å². The lowest BCUT2D eigenvalue weighted by molar-refractivity contribution is 0.403. The standard InChI is InChI=1S/C14H18N2O/c1-17-14-13-6-5-11(4-2-3-8-15)10-12(13)7-9-16-14/h5-7,9-10H,2-4,8,15H2,1H3. The Hall–Kier alpha value is -1.61. The van der Waals surface area contributed by atoms with Crippen LogP contribution in [0.2, 0.25) is 0 Å². The zero-order valence-electron chi connectivity index (χ0n) is 10.1. The number of ether oxygens (including phenoxy) is 1. The maximum absolute atomic E-state index is 5.50. The highest BCUT2D eigenvalue weighted by Gasteiger charge is 2.02. The number of nitrogens with zero attached hydrogens (tertiary/aromatic N) is 1. The molecule has 0 bridgehead atoms. The first kappa shape index (κ1) is 11.9. The van der Waals surface area contributed by atoms with Gasteiger partial charge in [0, 0.05) is 11.6 Å². The predicted molar refractivity (Wildman–Crippen MR) is 70.3 cm³/mol. The number of fused-ring (bicyclic) bond motifs is 1. The number of benzene rings is 1. The zero-order chi connectivity index (χ0) is 12.1. The summed E-state index contributed by atoms with van der Waals surface area (Å²) in [4.78, 5) is 4.19. The minimum absolute atomic E-state index is 0.691. The second kappa shape index (κ2) is 5.64. The molecule has 0 spiro atoms. The van der Waals surface area contributed by atoms with Gasteiger partial charge in [0.1, 0.15) is 0 Å². The van der Waals surface area contributed by atoms with Gasteiger partial charge in [-0.25, -0.2) is 4.98 Å². The van der Waals surface area contributed by atoms with Crippen molar-refractivity contribution in [3.8, 4) is 5.88 Å². The minimum atomic E-state index is 0.691. The van der Waals surface area contributed by atoms with Crippen molar-refractivity contribution in [1.82, 2.24) is 4.98 Å². The molecule has 2 N–H and O–H groups in total. The number of nitrogens with two attached hydrogens (primary N) is 1. The number of aromatic nitrogens is 1. The number of aryl methyl sites for hydroxylation is 1. The molecule has 0 unspecified atom stereocenters. The van der Waals surface area contributed by atoms with Crippen molar-refractivity contribution in [3.05, 3.63) is 36.0 Å². The van der Waals surface area contributed by atoms with Gasteiger partial charge < -0.3 is 10.5 Å². The Kier molecular flexibility index (Phi) is 3.94. The second-order valence-electron chi connectivity index (χ2n) is 4.12. The van der Waals surface area contributed by atoms with E-state index in [1.807, 2.05) is 6.07 Å². The van der Waals surface area contributed by atoms with Gasteiger partial charge in [0.2, 0.25) is 5.88 Å². The van der Waals surface area contributed by atoms with Gasteiger partial charge in [0.25, 0.3) is 0 Å². The first-order chi connectivity index (χ1) is 8.35. The van der Waals surface area contributed by atoms with Crippen LogP contribution in [0.25, 0.3) is 10.8 Å². The number of unbranched alkanes of at least 4 members (excludes halogenated alkanes) is 1. The monoisotopic (exact) mass is 230 g/mol. The van der Waals surface area contributed by atoms with Crippen molar-refractivity contribution in [2.24, 2.45) is 5.73 Å². The summed E-state index contributed by atoms with van der Waals surface area (Å²) in [6.45, 7) is 0.769. The molecule has 1 aromatic heterocycles. The van der Waals surface area contributed by atoms with Crippen LogP contribution in [0.15, 0.2) is 30.5 Å². The molecule has 3 heteroatoms. The van der Waals surface area contributed by atoms with E-state index in [-0.39, 0.29) is 0 Å². The summed E-state index contributed by atoms with van der Waals surface area (Å²) >= 11 is 0. The molecule has 90 valence electrons. The molecule has 17 heavy (non-hydrogen) atoms. The van der Waals surface area contributed by atoms with Gasteiger partial charge in [-0.3, -0.25) is 0 Å². The van der Waals surface area contributed by atoms with Crippen molar-refractivity contribution in [2.75, 3.05) is 13.7 Å². The first-order valence-corrected chi connectivity index (χ1v) is 5.97. The van der Waals surface area contributed by atoms with Crippen molar-refractivity contribution in [1.29, 1.82) is 0 Å². The van der Waals surface area contributed by atoms with Crippen molar-refractivity contribution >= 4 is 10.8 Å². The van der Waals surface area contributed by atoms with Gasteiger partial charge in [0.05, 0.1) is 7.11 Å². The lowest BCUT2D eigenvalue weighted by Gasteiger charge is -2.06. The van der Waals surface area contributed by atoms with Crippen LogP contribution in [0.4, 0.5) is 0 Å². The van der Waals surface area contributed by atoms with Gasteiger partial charge in [-0.05, 0) is 48.9 Å². The highest BCUT2D eigenvalue weighted by molar-refractivity contribution is 5.87. The average Bonchev–Trinajstić information content (AvgIpc) is 2.38. The fourth-order valence-corrected chi connectivity index (χ4v) is 1.99. The number of hydrogen-bond donors (Lipinski definition) is 1. The lowest BCUT2D eigenvalue weighted by atomic mass is 10.0. The van der Waals surface area contributed by atoms with E-state index in [4.69, 9.17) is 10.5 Å². The van der Waals surface area contributed by atoms with E-state index in [9.17, 15) is 0 Å². The fraction of sp³-hybridized carbons (Fsp3) is 0.357. The number of hydrogen-bond acceptors (Lipinski definition) is 3. The SMILES string of the molecule is COc1nccc2cc(CCCCN)ccc12. The van der Waals surface area contributed by atoms with Crippen LogP contribution < -0.4 is 10.5 Å². The molecule has 0 fully saturated rings. The Morgan fingerprint density at radius 2 is 2.12 bits per heavy atom. The molecule has 0 amide bonds. The Bertz CT molecular complexity index is 497. The molecule has 1 aromatic carbocycles. The van der Waals surface area contributed by atoms with Crippen LogP contribution in [0.1, 0.15) is 18.4 Å². The van der Waals surface area contributed by atoms with Crippen LogP contribution in [-0.2, 0) is 6.42 Å². The Morgan fingerprint density at radius 3 is 2.88 bits per heavy atom. The van der Waals surface area contributed by atoms with E-state index < -0.39 is 0 Å². The van der Waals surface area contributed by atoms with E-state index >= 15 is 0 Å². The maximum Gasteiger partial charge on any atom is 0.221 e. The topological polar surface area (TPSA) is 48.1 Å². The molecule has 0 aliphatic heterocycles. The summed E-state index contributed by atoms with van der Waals surface area (Å²) in [7, 11) is 1.65. The van der Waals surface area contributed by atoms with Crippen LogP contribution in [-0.4, -0.2) is 18.6 Å². The summed E-state index contributed by atoms with van der Waals surface area (Å²) < 4.78 is 5.24. The first-order valence-electron chi connectivity index (χ1n) is 5.97.